The molecule has 2 aromatic rings. The molecule has 7 heteroatoms. The number of methoxy groups -OCH3 is 2. The van der Waals surface area contributed by atoms with E-state index >= 15 is 0 Å². The molecule has 0 fully saturated rings. The molecule has 0 aliphatic rings. The average molecular weight is 367 g/mol. The molecule has 1 atom stereocenters. The highest BCUT2D eigenvalue weighted by Gasteiger charge is 2.29. The van der Waals surface area contributed by atoms with Crippen molar-refractivity contribution in [3.8, 4) is 5.75 Å². The van der Waals surface area contributed by atoms with Crippen molar-refractivity contribution in [1.82, 2.24) is 5.32 Å². The quantitative estimate of drug-likeness (QED) is 0.806. The molecule has 0 bridgehead atoms. The van der Waals surface area contributed by atoms with Gasteiger partial charge in [-0.05, 0) is 31.2 Å². The molecule has 0 saturated heterocycles. The number of hydrogen-bond donors (Lipinski definition) is 2. The number of benzene rings is 2. The van der Waals surface area contributed by atoms with Crippen LogP contribution in [0.25, 0.3) is 0 Å². The molecule has 0 saturated carbocycles. The highest BCUT2D eigenvalue weighted by Crippen LogP contribution is 2.28. The van der Waals surface area contributed by atoms with Crippen molar-refractivity contribution < 1.29 is 18.7 Å². The van der Waals surface area contributed by atoms with Gasteiger partial charge in [0.15, 0.2) is 0 Å². The summed E-state index contributed by atoms with van der Waals surface area (Å²) in [7, 11) is 2.96. The van der Waals surface area contributed by atoms with Gasteiger partial charge < -0.3 is 20.1 Å². The molecule has 0 heterocycles. The van der Waals surface area contributed by atoms with Crippen LogP contribution in [0.4, 0.5) is 14.9 Å². The molecule has 25 heavy (non-hydrogen) atoms. The second-order valence-electron chi connectivity index (χ2n) is 5.57. The monoisotopic (exact) mass is 366 g/mol. The van der Waals surface area contributed by atoms with Gasteiger partial charge in [-0.3, -0.25) is 0 Å². The number of urea groups is 1. The van der Waals surface area contributed by atoms with E-state index in [0.29, 0.717) is 22.0 Å². The van der Waals surface area contributed by atoms with Crippen LogP contribution >= 0.6 is 11.6 Å². The predicted molar refractivity (Wildman–Crippen MR) is 95.8 cm³/mol. The number of hydrogen-bond acceptors (Lipinski definition) is 3. The number of halogens is 2. The molecule has 2 amide bonds. The van der Waals surface area contributed by atoms with Crippen molar-refractivity contribution >= 4 is 23.3 Å². The fourth-order valence-corrected chi connectivity index (χ4v) is 2.53. The molecule has 134 valence electrons. The molecule has 0 spiro atoms. The van der Waals surface area contributed by atoms with Gasteiger partial charge in [0.2, 0.25) is 0 Å². The first-order valence-corrected chi connectivity index (χ1v) is 7.96. The highest BCUT2D eigenvalue weighted by atomic mass is 35.5. The Morgan fingerprint density at radius 1 is 1.24 bits per heavy atom. The Labute approximate surface area is 151 Å². The summed E-state index contributed by atoms with van der Waals surface area (Å²) in [6, 6.07) is 10.7. The van der Waals surface area contributed by atoms with Crippen LogP contribution in [0.2, 0.25) is 5.02 Å². The summed E-state index contributed by atoms with van der Waals surface area (Å²) in [5, 5.41) is 5.80. The van der Waals surface area contributed by atoms with Crippen LogP contribution < -0.4 is 15.4 Å². The summed E-state index contributed by atoms with van der Waals surface area (Å²) in [5.41, 5.74) is -0.225. The van der Waals surface area contributed by atoms with Gasteiger partial charge in [-0.2, -0.15) is 0 Å². The van der Waals surface area contributed by atoms with Crippen LogP contribution in [0.1, 0.15) is 12.5 Å². The minimum absolute atomic E-state index is 0.0686. The smallest absolute Gasteiger partial charge is 0.319 e. The van der Waals surface area contributed by atoms with Crippen LogP contribution in [0.5, 0.6) is 5.75 Å². The summed E-state index contributed by atoms with van der Waals surface area (Å²) in [6.07, 6.45) is 0. The molecule has 0 radical (unpaired) electrons. The van der Waals surface area contributed by atoms with Crippen LogP contribution in [-0.2, 0) is 10.3 Å². The van der Waals surface area contributed by atoms with Gasteiger partial charge >= 0.3 is 6.03 Å². The highest BCUT2D eigenvalue weighted by molar-refractivity contribution is 6.31. The summed E-state index contributed by atoms with van der Waals surface area (Å²) in [5.74, 6) is 0.0775. The Balaban J connectivity index is 2.08. The molecule has 2 aromatic carbocycles. The van der Waals surface area contributed by atoms with Crippen molar-refractivity contribution in [3.63, 3.8) is 0 Å². The van der Waals surface area contributed by atoms with Gasteiger partial charge in [0.05, 0.1) is 19.3 Å². The lowest BCUT2D eigenvalue weighted by molar-refractivity contribution is 0.00235. The third kappa shape index (κ3) is 4.61. The Hall–Kier alpha value is -2.31. The Morgan fingerprint density at radius 3 is 2.60 bits per heavy atom. The fourth-order valence-electron chi connectivity index (χ4n) is 2.36. The summed E-state index contributed by atoms with van der Waals surface area (Å²) >= 11 is 5.94. The molecule has 1 unspecified atom stereocenters. The topological polar surface area (TPSA) is 59.6 Å². The van der Waals surface area contributed by atoms with E-state index in [1.165, 1.54) is 20.3 Å². The first-order valence-electron chi connectivity index (χ1n) is 7.58. The standard InChI is InChI=1S/C18H20ClFN2O3/c1-18(25-3,13-6-4-5-7-14(13)20)11-21-17(23)22-15-10-12(19)8-9-16(15)24-2/h4-10H,11H2,1-3H3,(H2,21,22,23). The molecule has 2 N–H and O–H groups in total. The fraction of sp³-hybridized carbons (Fsp3) is 0.278. The zero-order valence-corrected chi connectivity index (χ0v) is 15.0. The molecule has 2 rings (SSSR count). The van der Waals surface area contributed by atoms with Crippen molar-refractivity contribution in [3.05, 3.63) is 58.9 Å². The van der Waals surface area contributed by atoms with E-state index in [9.17, 15) is 9.18 Å². The van der Waals surface area contributed by atoms with E-state index in [4.69, 9.17) is 21.1 Å². The van der Waals surface area contributed by atoms with E-state index in [2.05, 4.69) is 10.6 Å². The summed E-state index contributed by atoms with van der Waals surface area (Å²) in [6.45, 7) is 1.77. The van der Waals surface area contributed by atoms with Gasteiger partial charge in [0, 0.05) is 17.7 Å². The minimum atomic E-state index is -1.01. The van der Waals surface area contributed by atoms with Gasteiger partial charge in [0.1, 0.15) is 17.2 Å². The third-order valence-electron chi connectivity index (χ3n) is 3.89. The van der Waals surface area contributed by atoms with Gasteiger partial charge in [-0.25, -0.2) is 9.18 Å². The van der Waals surface area contributed by atoms with Gasteiger partial charge in [-0.1, -0.05) is 29.8 Å². The lowest BCUT2D eigenvalue weighted by Crippen LogP contribution is -2.42. The number of ether oxygens (including phenoxy) is 2. The van der Waals surface area contributed by atoms with Crippen molar-refractivity contribution in [2.75, 3.05) is 26.1 Å². The second-order valence-corrected chi connectivity index (χ2v) is 6.00. The normalized spacial score (nSPS) is 13.0. The van der Waals surface area contributed by atoms with Crippen molar-refractivity contribution in [2.24, 2.45) is 0 Å². The number of rotatable bonds is 6. The minimum Gasteiger partial charge on any atom is -0.495 e. The first-order chi connectivity index (χ1) is 11.9. The van der Waals surface area contributed by atoms with Gasteiger partial charge in [-0.15, -0.1) is 0 Å². The van der Waals surface area contributed by atoms with Crippen molar-refractivity contribution in [2.45, 2.75) is 12.5 Å². The SMILES string of the molecule is COc1ccc(Cl)cc1NC(=O)NCC(C)(OC)c1ccccc1F. The van der Waals surface area contributed by atoms with Crippen LogP contribution in [0.15, 0.2) is 42.5 Å². The molecule has 0 aliphatic carbocycles. The zero-order valence-electron chi connectivity index (χ0n) is 14.2. The summed E-state index contributed by atoms with van der Waals surface area (Å²) in [4.78, 5) is 12.2. The molecular weight excluding hydrogens is 347 g/mol. The van der Waals surface area contributed by atoms with Crippen LogP contribution in [0, 0.1) is 5.82 Å². The Bertz CT molecular complexity index is 757. The van der Waals surface area contributed by atoms with E-state index in [-0.39, 0.29) is 6.54 Å². The Kier molecular flexibility index (Phi) is 6.22. The van der Waals surface area contributed by atoms with Gasteiger partial charge in [0.25, 0.3) is 0 Å². The lowest BCUT2D eigenvalue weighted by atomic mass is 9.95. The number of carbonyl (C=O) groups is 1. The zero-order chi connectivity index (χ0) is 18.4. The molecule has 0 aliphatic heterocycles. The molecule has 0 aromatic heterocycles. The van der Waals surface area contributed by atoms with E-state index in [1.807, 2.05) is 0 Å². The maximum absolute atomic E-state index is 14.0. The molecule has 5 nitrogen and oxygen atoms in total. The van der Waals surface area contributed by atoms with Crippen molar-refractivity contribution in [1.29, 1.82) is 0 Å². The van der Waals surface area contributed by atoms with Crippen LogP contribution in [0.3, 0.4) is 0 Å². The molecular formula is C18H20ClFN2O3. The number of amides is 2. The number of anilines is 1. The Morgan fingerprint density at radius 2 is 1.96 bits per heavy atom. The second kappa shape index (κ2) is 8.18. The predicted octanol–water partition coefficient (Wildman–Crippen LogP) is 4.17. The third-order valence-corrected chi connectivity index (χ3v) is 4.13. The maximum Gasteiger partial charge on any atom is 0.319 e. The number of carbonyl (C=O) groups excluding carboxylic acids is 1. The van der Waals surface area contributed by atoms with E-state index < -0.39 is 17.4 Å². The lowest BCUT2D eigenvalue weighted by Gasteiger charge is -2.29. The first kappa shape index (κ1) is 19.0. The number of nitrogens with one attached hydrogen (secondary N) is 2. The van der Waals surface area contributed by atoms with E-state index in [0.717, 1.165) is 0 Å². The van der Waals surface area contributed by atoms with Crippen LogP contribution in [-0.4, -0.2) is 26.8 Å². The summed E-state index contributed by atoms with van der Waals surface area (Å²) < 4.78 is 24.7. The maximum atomic E-state index is 14.0. The largest absolute Gasteiger partial charge is 0.495 e. The average Bonchev–Trinajstić information content (AvgIpc) is 2.60. The van der Waals surface area contributed by atoms with E-state index in [1.54, 1.807) is 43.3 Å².